The van der Waals surface area contributed by atoms with Crippen LogP contribution in [-0.2, 0) is 9.53 Å². The van der Waals surface area contributed by atoms with Gasteiger partial charge in [0.25, 0.3) is 5.91 Å². The van der Waals surface area contributed by atoms with Gasteiger partial charge in [0.2, 0.25) is 5.91 Å². The second-order valence-electron chi connectivity index (χ2n) is 5.64. The number of hydrogen-bond donors (Lipinski definition) is 2. The molecule has 7 heteroatoms. The molecular formula is C16H24N4O3. The predicted octanol–water partition coefficient (Wildman–Crippen LogP) is 0.550. The summed E-state index contributed by atoms with van der Waals surface area (Å²) in [5.74, 6) is 0.233. The van der Waals surface area contributed by atoms with Crippen molar-refractivity contribution < 1.29 is 14.3 Å². The number of aromatic nitrogens is 1. The molecule has 0 spiro atoms. The van der Waals surface area contributed by atoms with Gasteiger partial charge in [0, 0.05) is 45.5 Å². The fraction of sp³-hybridized carbons (Fsp3) is 0.562. The molecule has 0 bridgehead atoms. The number of nitrogens with one attached hydrogen (secondary N) is 1. The summed E-state index contributed by atoms with van der Waals surface area (Å²) < 4.78 is 4.96. The van der Waals surface area contributed by atoms with Gasteiger partial charge in [-0.3, -0.25) is 9.59 Å². The van der Waals surface area contributed by atoms with E-state index in [0.717, 1.165) is 19.3 Å². The molecule has 0 radical (unpaired) electrons. The minimum Gasteiger partial charge on any atom is -0.385 e. The molecular weight excluding hydrogens is 296 g/mol. The molecule has 1 aromatic heterocycles. The topological polar surface area (TPSA) is 97.6 Å². The van der Waals surface area contributed by atoms with Crippen LogP contribution in [0.2, 0.25) is 0 Å². The maximum atomic E-state index is 12.1. The number of nitrogens with two attached hydrogens (primary N) is 1. The Morgan fingerprint density at radius 3 is 2.83 bits per heavy atom. The molecule has 0 aliphatic carbocycles. The fourth-order valence-corrected chi connectivity index (χ4v) is 2.77. The maximum Gasteiger partial charge on any atom is 0.252 e. The summed E-state index contributed by atoms with van der Waals surface area (Å²) in [5.41, 5.74) is 5.82. The molecule has 2 amide bonds. The molecule has 1 aromatic rings. The zero-order chi connectivity index (χ0) is 16.7. The first-order valence-corrected chi connectivity index (χ1v) is 7.90. The van der Waals surface area contributed by atoms with Crippen LogP contribution in [0.5, 0.6) is 0 Å². The van der Waals surface area contributed by atoms with Crippen LogP contribution < -0.4 is 16.0 Å². The predicted molar refractivity (Wildman–Crippen MR) is 87.2 cm³/mol. The number of amides is 2. The third-order valence-corrected chi connectivity index (χ3v) is 4.04. The number of ether oxygens (including phenoxy) is 1. The van der Waals surface area contributed by atoms with Gasteiger partial charge >= 0.3 is 0 Å². The highest BCUT2D eigenvalue weighted by molar-refractivity contribution is 5.97. The van der Waals surface area contributed by atoms with Crippen molar-refractivity contribution in [2.24, 2.45) is 11.7 Å². The number of rotatable bonds is 7. The van der Waals surface area contributed by atoms with Crippen molar-refractivity contribution in [3.63, 3.8) is 0 Å². The molecule has 0 atom stereocenters. The van der Waals surface area contributed by atoms with Gasteiger partial charge in [-0.1, -0.05) is 0 Å². The highest BCUT2D eigenvalue weighted by Gasteiger charge is 2.27. The van der Waals surface area contributed by atoms with E-state index < -0.39 is 5.91 Å². The zero-order valence-corrected chi connectivity index (χ0v) is 13.5. The summed E-state index contributed by atoms with van der Waals surface area (Å²) >= 11 is 0. The lowest BCUT2D eigenvalue weighted by Gasteiger charge is -2.32. The average molecular weight is 320 g/mol. The standard InChI is InChI=1S/C16H24N4O3/c1-23-11-3-8-19-16(22)12-5-9-20(10-6-12)15-13(14(17)21)4-2-7-18-15/h2,4,7,12H,3,5-6,8-11H2,1H3,(H2,17,21)(H,19,22). The first-order valence-electron chi connectivity index (χ1n) is 7.90. The van der Waals surface area contributed by atoms with Crippen LogP contribution in [0, 0.1) is 5.92 Å². The van der Waals surface area contributed by atoms with Crippen LogP contribution >= 0.6 is 0 Å². The number of pyridine rings is 1. The Hall–Kier alpha value is -2.15. The van der Waals surface area contributed by atoms with Crippen molar-refractivity contribution in [3.8, 4) is 0 Å². The van der Waals surface area contributed by atoms with Crippen molar-refractivity contribution in [1.82, 2.24) is 10.3 Å². The van der Waals surface area contributed by atoms with E-state index in [-0.39, 0.29) is 11.8 Å². The van der Waals surface area contributed by atoms with Crippen LogP contribution in [0.1, 0.15) is 29.6 Å². The molecule has 0 saturated carbocycles. The molecule has 2 rings (SSSR count). The second-order valence-corrected chi connectivity index (χ2v) is 5.64. The minimum atomic E-state index is -0.480. The lowest BCUT2D eigenvalue weighted by Crippen LogP contribution is -2.41. The van der Waals surface area contributed by atoms with E-state index in [0.29, 0.717) is 37.6 Å². The van der Waals surface area contributed by atoms with E-state index in [1.165, 1.54) is 0 Å². The van der Waals surface area contributed by atoms with Gasteiger partial charge in [-0.15, -0.1) is 0 Å². The summed E-state index contributed by atoms with van der Waals surface area (Å²) in [4.78, 5) is 29.9. The van der Waals surface area contributed by atoms with Gasteiger partial charge in [-0.2, -0.15) is 0 Å². The molecule has 1 saturated heterocycles. The fourth-order valence-electron chi connectivity index (χ4n) is 2.77. The largest absolute Gasteiger partial charge is 0.385 e. The molecule has 2 heterocycles. The molecule has 1 aliphatic heterocycles. The smallest absolute Gasteiger partial charge is 0.252 e. The number of carbonyl (C=O) groups is 2. The van der Waals surface area contributed by atoms with Crippen molar-refractivity contribution >= 4 is 17.6 Å². The van der Waals surface area contributed by atoms with Gasteiger partial charge < -0.3 is 20.7 Å². The number of carbonyl (C=O) groups excluding carboxylic acids is 2. The van der Waals surface area contributed by atoms with Crippen molar-refractivity contribution in [2.45, 2.75) is 19.3 Å². The number of hydrogen-bond acceptors (Lipinski definition) is 5. The zero-order valence-electron chi connectivity index (χ0n) is 13.5. The molecule has 0 unspecified atom stereocenters. The Labute approximate surface area is 136 Å². The molecule has 3 N–H and O–H groups in total. The molecule has 7 nitrogen and oxygen atoms in total. The summed E-state index contributed by atoms with van der Waals surface area (Å²) in [6.07, 6.45) is 3.95. The Kier molecular flexibility index (Phi) is 6.34. The Balaban J connectivity index is 1.87. The van der Waals surface area contributed by atoms with Crippen molar-refractivity contribution in [1.29, 1.82) is 0 Å². The monoisotopic (exact) mass is 320 g/mol. The molecule has 1 aliphatic rings. The lowest BCUT2D eigenvalue weighted by atomic mass is 9.95. The van der Waals surface area contributed by atoms with E-state index in [4.69, 9.17) is 10.5 Å². The summed E-state index contributed by atoms with van der Waals surface area (Å²) in [6, 6.07) is 3.38. The SMILES string of the molecule is COCCCNC(=O)C1CCN(c2ncccc2C(N)=O)CC1. The Morgan fingerprint density at radius 1 is 1.43 bits per heavy atom. The van der Waals surface area contributed by atoms with Crippen molar-refractivity contribution in [2.75, 3.05) is 38.3 Å². The molecule has 23 heavy (non-hydrogen) atoms. The van der Waals surface area contributed by atoms with Gasteiger partial charge in [-0.25, -0.2) is 4.98 Å². The quantitative estimate of drug-likeness (QED) is 0.715. The van der Waals surface area contributed by atoms with Crippen LogP contribution in [0.4, 0.5) is 5.82 Å². The van der Waals surface area contributed by atoms with E-state index in [1.807, 2.05) is 4.90 Å². The van der Waals surface area contributed by atoms with Crippen LogP contribution in [-0.4, -0.2) is 50.1 Å². The van der Waals surface area contributed by atoms with Crippen LogP contribution in [0.25, 0.3) is 0 Å². The number of piperidine rings is 1. The average Bonchev–Trinajstić information content (AvgIpc) is 2.58. The number of anilines is 1. The third-order valence-electron chi connectivity index (χ3n) is 4.04. The maximum absolute atomic E-state index is 12.1. The number of primary amides is 1. The normalized spacial score (nSPS) is 15.4. The highest BCUT2D eigenvalue weighted by atomic mass is 16.5. The van der Waals surface area contributed by atoms with Crippen molar-refractivity contribution in [3.05, 3.63) is 23.9 Å². The summed E-state index contributed by atoms with van der Waals surface area (Å²) in [6.45, 7) is 2.66. The summed E-state index contributed by atoms with van der Waals surface area (Å²) in [5, 5.41) is 2.94. The third kappa shape index (κ3) is 4.66. The van der Waals surface area contributed by atoms with Gasteiger partial charge in [-0.05, 0) is 31.4 Å². The molecule has 126 valence electrons. The minimum absolute atomic E-state index is 0.00883. The Bertz CT molecular complexity index is 542. The molecule has 1 fully saturated rings. The highest BCUT2D eigenvalue weighted by Crippen LogP contribution is 2.24. The van der Waals surface area contributed by atoms with Gasteiger partial charge in [0.15, 0.2) is 0 Å². The first kappa shape index (κ1) is 17.2. The first-order chi connectivity index (χ1) is 11.1. The van der Waals surface area contributed by atoms with Crippen LogP contribution in [0.3, 0.4) is 0 Å². The van der Waals surface area contributed by atoms with E-state index >= 15 is 0 Å². The lowest BCUT2D eigenvalue weighted by molar-refractivity contribution is -0.125. The number of nitrogens with zero attached hydrogens (tertiary/aromatic N) is 2. The van der Waals surface area contributed by atoms with E-state index in [2.05, 4.69) is 10.3 Å². The van der Waals surface area contributed by atoms with E-state index in [1.54, 1.807) is 25.4 Å². The second kappa shape index (κ2) is 8.47. The summed E-state index contributed by atoms with van der Waals surface area (Å²) in [7, 11) is 1.65. The van der Waals surface area contributed by atoms with E-state index in [9.17, 15) is 9.59 Å². The number of methoxy groups -OCH3 is 1. The van der Waals surface area contributed by atoms with Crippen LogP contribution in [0.15, 0.2) is 18.3 Å². The Morgan fingerprint density at radius 2 is 2.17 bits per heavy atom. The molecule has 0 aromatic carbocycles. The van der Waals surface area contributed by atoms with Gasteiger partial charge in [0.05, 0.1) is 5.56 Å². The van der Waals surface area contributed by atoms with Gasteiger partial charge in [0.1, 0.15) is 5.82 Å².